The number of β-amino-alcohol motifs (C(OH)–C–C–N with tert-alkyl or cyclic N) is 1. The number of hydrogen-bond acceptors (Lipinski definition) is 6. The molecule has 1 aliphatic rings. The summed E-state index contributed by atoms with van der Waals surface area (Å²) >= 11 is 1.58. The number of hydrogen-bond donors (Lipinski definition) is 1. The summed E-state index contributed by atoms with van der Waals surface area (Å²) in [5, 5.41) is 14.7. The van der Waals surface area contributed by atoms with E-state index in [1.807, 2.05) is 21.7 Å². The molecule has 1 saturated heterocycles. The minimum Gasteiger partial charge on any atom is -0.386 e. The van der Waals surface area contributed by atoms with Crippen LogP contribution in [0.2, 0.25) is 0 Å². The largest absolute Gasteiger partial charge is 0.386 e. The van der Waals surface area contributed by atoms with Gasteiger partial charge in [0.2, 0.25) is 11.9 Å². The number of likely N-dealkylation sites (N-methyl/N-ethyl adjacent to an activating group) is 1. The van der Waals surface area contributed by atoms with Gasteiger partial charge in [-0.15, -0.1) is 0 Å². The number of rotatable bonds is 5. The molecular formula is C16H20N4O2S. The summed E-state index contributed by atoms with van der Waals surface area (Å²) < 4.78 is 0. The van der Waals surface area contributed by atoms with Crippen molar-refractivity contribution in [1.82, 2.24) is 14.9 Å². The van der Waals surface area contributed by atoms with Gasteiger partial charge < -0.3 is 14.9 Å². The molecule has 0 aliphatic carbocycles. The Morgan fingerprint density at radius 3 is 2.96 bits per heavy atom. The minimum atomic E-state index is -0.918. The van der Waals surface area contributed by atoms with Crippen LogP contribution in [0.1, 0.15) is 12.0 Å². The third-order valence-corrected chi connectivity index (χ3v) is 4.79. The normalized spacial score (nSPS) is 20.7. The molecular weight excluding hydrogens is 312 g/mol. The molecule has 6 nitrogen and oxygen atoms in total. The van der Waals surface area contributed by atoms with Crippen molar-refractivity contribution >= 4 is 23.2 Å². The lowest BCUT2D eigenvalue weighted by Gasteiger charge is -2.29. The number of anilines is 1. The summed E-state index contributed by atoms with van der Waals surface area (Å²) in [6, 6.07) is 3.72. The third-order valence-electron chi connectivity index (χ3n) is 4.06. The van der Waals surface area contributed by atoms with Crippen LogP contribution >= 0.6 is 11.3 Å². The first-order valence-corrected chi connectivity index (χ1v) is 8.49. The number of carbonyl (C=O) groups is 1. The van der Waals surface area contributed by atoms with E-state index in [1.165, 1.54) is 0 Å². The SMILES string of the molecule is CN(C[C@@]1(O)CCN(c2ncccn2)C1)C(=O)Cc1ccsc1. The first-order chi connectivity index (χ1) is 11.1. The van der Waals surface area contributed by atoms with Crippen molar-refractivity contribution in [2.75, 3.05) is 31.6 Å². The Hall–Kier alpha value is -1.99. The van der Waals surface area contributed by atoms with E-state index in [2.05, 4.69) is 9.97 Å². The van der Waals surface area contributed by atoms with Crippen LogP contribution in [0.25, 0.3) is 0 Å². The van der Waals surface area contributed by atoms with E-state index in [-0.39, 0.29) is 5.91 Å². The van der Waals surface area contributed by atoms with Gasteiger partial charge in [-0.05, 0) is 34.9 Å². The molecule has 3 heterocycles. The monoisotopic (exact) mass is 332 g/mol. The van der Waals surface area contributed by atoms with Crippen molar-refractivity contribution in [2.45, 2.75) is 18.4 Å². The van der Waals surface area contributed by atoms with Crippen molar-refractivity contribution < 1.29 is 9.90 Å². The Labute approximate surface area is 139 Å². The van der Waals surface area contributed by atoms with Gasteiger partial charge in [0.15, 0.2) is 0 Å². The molecule has 3 rings (SSSR count). The van der Waals surface area contributed by atoms with E-state index >= 15 is 0 Å². The summed E-state index contributed by atoms with van der Waals surface area (Å²) in [5.74, 6) is 0.641. The lowest BCUT2D eigenvalue weighted by molar-refractivity contribution is -0.132. The summed E-state index contributed by atoms with van der Waals surface area (Å²) in [4.78, 5) is 24.3. The highest BCUT2D eigenvalue weighted by atomic mass is 32.1. The lowest BCUT2D eigenvalue weighted by atomic mass is 10.0. The Bertz CT molecular complexity index is 649. The molecule has 1 fully saturated rings. The first kappa shape index (κ1) is 15.9. The molecule has 1 atom stereocenters. The van der Waals surface area contributed by atoms with Crippen LogP contribution in [-0.2, 0) is 11.2 Å². The van der Waals surface area contributed by atoms with Gasteiger partial charge >= 0.3 is 0 Å². The second-order valence-electron chi connectivity index (χ2n) is 6.00. The van der Waals surface area contributed by atoms with Crippen LogP contribution in [-0.4, -0.2) is 58.2 Å². The smallest absolute Gasteiger partial charge is 0.226 e. The third kappa shape index (κ3) is 3.86. The first-order valence-electron chi connectivity index (χ1n) is 7.55. The molecule has 0 bridgehead atoms. The topological polar surface area (TPSA) is 69.6 Å². The molecule has 122 valence electrons. The second kappa shape index (κ2) is 6.64. The molecule has 1 aliphatic heterocycles. The van der Waals surface area contributed by atoms with E-state index in [4.69, 9.17) is 0 Å². The number of aromatic nitrogens is 2. The Balaban J connectivity index is 1.58. The standard InChI is InChI=1S/C16H20N4O2S/c1-19(14(21)9-13-3-8-23-10-13)11-16(22)4-7-20(12-16)15-17-5-2-6-18-15/h2-3,5-6,8,10,22H,4,7,9,11-12H2,1H3/t16-/m0/s1. The average Bonchev–Trinajstić information content (AvgIpc) is 3.18. The highest BCUT2D eigenvalue weighted by Gasteiger charge is 2.38. The fourth-order valence-corrected chi connectivity index (χ4v) is 3.51. The summed E-state index contributed by atoms with van der Waals surface area (Å²) in [7, 11) is 1.74. The number of thiophene rings is 1. The van der Waals surface area contributed by atoms with E-state index in [0.717, 1.165) is 5.56 Å². The molecule has 2 aromatic heterocycles. The molecule has 0 saturated carbocycles. The quantitative estimate of drug-likeness (QED) is 0.890. The van der Waals surface area contributed by atoms with Gasteiger partial charge in [-0.3, -0.25) is 4.79 Å². The van der Waals surface area contributed by atoms with Crippen LogP contribution < -0.4 is 4.90 Å². The predicted octanol–water partition coefficient (Wildman–Crippen LogP) is 1.18. The molecule has 2 aromatic rings. The van der Waals surface area contributed by atoms with Crippen molar-refractivity contribution in [3.63, 3.8) is 0 Å². The molecule has 1 amide bonds. The zero-order valence-corrected chi connectivity index (χ0v) is 13.9. The Morgan fingerprint density at radius 1 is 1.48 bits per heavy atom. The zero-order valence-electron chi connectivity index (χ0n) is 13.1. The Morgan fingerprint density at radius 2 is 2.26 bits per heavy atom. The fourth-order valence-electron chi connectivity index (χ4n) is 2.84. The van der Waals surface area contributed by atoms with Crippen LogP contribution in [0.4, 0.5) is 5.95 Å². The molecule has 7 heteroatoms. The summed E-state index contributed by atoms with van der Waals surface area (Å²) in [5.41, 5.74) is 0.0997. The lowest BCUT2D eigenvalue weighted by Crippen LogP contribution is -2.46. The molecule has 0 spiro atoms. The number of carbonyl (C=O) groups excluding carboxylic acids is 1. The minimum absolute atomic E-state index is 0.0197. The second-order valence-corrected chi connectivity index (χ2v) is 6.78. The van der Waals surface area contributed by atoms with Gasteiger partial charge in [0, 0.05) is 26.0 Å². The Kier molecular flexibility index (Phi) is 4.58. The molecule has 0 radical (unpaired) electrons. The van der Waals surface area contributed by atoms with Gasteiger partial charge in [-0.25, -0.2) is 9.97 Å². The van der Waals surface area contributed by atoms with Gasteiger partial charge in [0.25, 0.3) is 0 Å². The van der Waals surface area contributed by atoms with Gasteiger partial charge in [0.05, 0.1) is 19.5 Å². The van der Waals surface area contributed by atoms with Crippen LogP contribution in [0.5, 0.6) is 0 Å². The van der Waals surface area contributed by atoms with E-state index in [9.17, 15) is 9.90 Å². The molecule has 0 unspecified atom stereocenters. The summed E-state index contributed by atoms with van der Waals surface area (Å²) in [6.07, 6.45) is 4.36. The van der Waals surface area contributed by atoms with Crippen LogP contribution in [0.15, 0.2) is 35.3 Å². The maximum atomic E-state index is 12.3. The molecule has 23 heavy (non-hydrogen) atoms. The fraction of sp³-hybridized carbons (Fsp3) is 0.438. The maximum Gasteiger partial charge on any atom is 0.226 e. The van der Waals surface area contributed by atoms with Crippen LogP contribution in [0, 0.1) is 0 Å². The zero-order chi connectivity index (χ0) is 16.3. The highest BCUT2D eigenvalue weighted by Crippen LogP contribution is 2.25. The number of nitrogens with zero attached hydrogens (tertiary/aromatic N) is 4. The number of aliphatic hydroxyl groups is 1. The van der Waals surface area contributed by atoms with E-state index in [1.54, 1.807) is 41.7 Å². The van der Waals surface area contributed by atoms with E-state index in [0.29, 0.717) is 38.4 Å². The van der Waals surface area contributed by atoms with Crippen molar-refractivity contribution in [1.29, 1.82) is 0 Å². The summed E-state index contributed by atoms with van der Waals surface area (Å²) in [6.45, 7) is 1.44. The van der Waals surface area contributed by atoms with Gasteiger partial charge in [-0.2, -0.15) is 11.3 Å². The van der Waals surface area contributed by atoms with Crippen LogP contribution in [0.3, 0.4) is 0 Å². The predicted molar refractivity (Wildman–Crippen MR) is 89.5 cm³/mol. The average molecular weight is 332 g/mol. The molecule has 0 aromatic carbocycles. The van der Waals surface area contributed by atoms with Crippen molar-refractivity contribution in [2.24, 2.45) is 0 Å². The number of amides is 1. The van der Waals surface area contributed by atoms with E-state index < -0.39 is 5.60 Å². The van der Waals surface area contributed by atoms with Gasteiger partial charge in [-0.1, -0.05) is 0 Å². The molecule has 1 N–H and O–H groups in total. The van der Waals surface area contributed by atoms with Crippen molar-refractivity contribution in [3.8, 4) is 0 Å². The van der Waals surface area contributed by atoms with Gasteiger partial charge in [0.1, 0.15) is 5.60 Å². The maximum absolute atomic E-state index is 12.3. The van der Waals surface area contributed by atoms with Crippen molar-refractivity contribution in [3.05, 3.63) is 40.8 Å². The highest BCUT2D eigenvalue weighted by molar-refractivity contribution is 7.07.